The molecule has 1 amide bonds. The van der Waals surface area contributed by atoms with Gasteiger partial charge in [0.15, 0.2) is 0 Å². The predicted molar refractivity (Wildman–Crippen MR) is 97.9 cm³/mol. The number of benzene rings is 1. The summed E-state index contributed by atoms with van der Waals surface area (Å²) in [6.45, 7) is 1.55. The highest BCUT2D eigenvalue weighted by molar-refractivity contribution is 7.10. The van der Waals surface area contributed by atoms with Crippen molar-refractivity contribution >= 4 is 17.2 Å². The van der Waals surface area contributed by atoms with Gasteiger partial charge in [-0.15, -0.1) is 21.5 Å². The van der Waals surface area contributed by atoms with Crippen LogP contribution in [0, 0.1) is 0 Å². The van der Waals surface area contributed by atoms with Crippen LogP contribution in [-0.2, 0) is 11.2 Å². The molecule has 0 N–H and O–H groups in total. The van der Waals surface area contributed by atoms with E-state index >= 15 is 0 Å². The standard InChI is InChI=1S/C19H20N4OS/c24-18(12-17-9-5-11-25-17)22-10-4-6-15(13-22)19-21-20-14-23(19)16-7-2-1-3-8-16/h1-3,5,7-9,11,14-15H,4,6,10,12-13H2. The summed E-state index contributed by atoms with van der Waals surface area (Å²) in [5, 5.41) is 10.5. The zero-order valence-corrected chi connectivity index (χ0v) is 14.7. The van der Waals surface area contributed by atoms with Gasteiger partial charge in [0.25, 0.3) is 0 Å². The second-order valence-electron chi connectivity index (χ2n) is 6.33. The molecule has 3 heterocycles. The van der Waals surface area contributed by atoms with Gasteiger partial charge in [0.1, 0.15) is 12.2 Å². The number of hydrogen-bond donors (Lipinski definition) is 0. The van der Waals surface area contributed by atoms with E-state index in [0.29, 0.717) is 6.42 Å². The van der Waals surface area contributed by atoms with Crippen molar-refractivity contribution in [3.8, 4) is 5.69 Å². The maximum absolute atomic E-state index is 12.6. The molecular formula is C19H20N4OS. The zero-order chi connectivity index (χ0) is 17.1. The van der Waals surface area contributed by atoms with Crippen LogP contribution in [0.2, 0.25) is 0 Å². The molecule has 6 heteroatoms. The summed E-state index contributed by atoms with van der Waals surface area (Å²) in [6.07, 6.45) is 4.30. The van der Waals surface area contributed by atoms with E-state index < -0.39 is 0 Å². The third-order valence-corrected chi connectivity index (χ3v) is 5.53. The molecule has 128 valence electrons. The minimum atomic E-state index is 0.206. The molecule has 1 aromatic carbocycles. The summed E-state index contributed by atoms with van der Waals surface area (Å²) in [5.74, 6) is 1.38. The maximum Gasteiger partial charge on any atom is 0.227 e. The molecule has 5 nitrogen and oxygen atoms in total. The van der Waals surface area contributed by atoms with Crippen molar-refractivity contribution in [2.24, 2.45) is 0 Å². The Morgan fingerprint density at radius 2 is 2.08 bits per heavy atom. The van der Waals surface area contributed by atoms with Gasteiger partial charge < -0.3 is 4.90 Å². The Bertz CT molecular complexity index is 828. The minimum absolute atomic E-state index is 0.206. The van der Waals surface area contributed by atoms with E-state index in [2.05, 4.69) is 22.3 Å². The number of piperidine rings is 1. The average Bonchev–Trinajstić information content (AvgIpc) is 3.34. The quantitative estimate of drug-likeness (QED) is 0.724. The van der Waals surface area contributed by atoms with Crippen molar-refractivity contribution in [2.45, 2.75) is 25.2 Å². The van der Waals surface area contributed by atoms with Gasteiger partial charge >= 0.3 is 0 Å². The van der Waals surface area contributed by atoms with E-state index in [1.807, 2.05) is 45.2 Å². The number of carbonyl (C=O) groups is 1. The number of aromatic nitrogens is 3. The van der Waals surface area contributed by atoms with Gasteiger partial charge in [-0.1, -0.05) is 24.3 Å². The van der Waals surface area contributed by atoms with Crippen LogP contribution in [0.1, 0.15) is 29.5 Å². The first-order valence-electron chi connectivity index (χ1n) is 8.57. The van der Waals surface area contributed by atoms with Crippen molar-refractivity contribution in [1.29, 1.82) is 0 Å². The third-order valence-electron chi connectivity index (χ3n) is 4.65. The van der Waals surface area contributed by atoms with Crippen LogP contribution in [0.5, 0.6) is 0 Å². The van der Waals surface area contributed by atoms with Gasteiger partial charge in [-0.05, 0) is 36.4 Å². The number of nitrogens with zero attached hydrogens (tertiary/aromatic N) is 4. The lowest BCUT2D eigenvalue weighted by atomic mass is 9.96. The molecule has 0 aliphatic carbocycles. The number of thiophene rings is 1. The summed E-state index contributed by atoms with van der Waals surface area (Å²) in [7, 11) is 0. The first kappa shape index (κ1) is 16.0. The second-order valence-corrected chi connectivity index (χ2v) is 7.36. The molecular weight excluding hydrogens is 332 g/mol. The van der Waals surface area contributed by atoms with E-state index in [4.69, 9.17) is 0 Å². The highest BCUT2D eigenvalue weighted by atomic mass is 32.1. The Hall–Kier alpha value is -2.47. The molecule has 4 rings (SSSR count). The average molecular weight is 352 g/mol. The van der Waals surface area contributed by atoms with Gasteiger partial charge in [-0.2, -0.15) is 0 Å². The monoisotopic (exact) mass is 352 g/mol. The topological polar surface area (TPSA) is 51.0 Å². The molecule has 25 heavy (non-hydrogen) atoms. The molecule has 1 aliphatic heterocycles. The zero-order valence-electron chi connectivity index (χ0n) is 13.9. The fraction of sp³-hybridized carbons (Fsp3) is 0.316. The Morgan fingerprint density at radius 1 is 1.20 bits per heavy atom. The highest BCUT2D eigenvalue weighted by Gasteiger charge is 2.28. The lowest BCUT2D eigenvalue weighted by molar-refractivity contribution is -0.131. The summed E-state index contributed by atoms with van der Waals surface area (Å²) in [5.41, 5.74) is 1.06. The highest BCUT2D eigenvalue weighted by Crippen LogP contribution is 2.27. The molecule has 2 aromatic heterocycles. The summed E-state index contributed by atoms with van der Waals surface area (Å²) >= 11 is 1.64. The molecule has 1 fully saturated rings. The SMILES string of the molecule is O=C(Cc1cccs1)N1CCCC(c2nncn2-c2ccccc2)C1. The molecule has 0 spiro atoms. The van der Waals surface area contributed by atoms with Gasteiger partial charge in [-0.3, -0.25) is 9.36 Å². The Balaban J connectivity index is 1.50. The van der Waals surface area contributed by atoms with E-state index in [0.717, 1.165) is 42.3 Å². The van der Waals surface area contributed by atoms with Crippen LogP contribution in [0.3, 0.4) is 0 Å². The molecule has 1 saturated heterocycles. The lowest BCUT2D eigenvalue weighted by Crippen LogP contribution is -2.40. The normalized spacial score (nSPS) is 17.6. The van der Waals surface area contributed by atoms with Crippen molar-refractivity contribution in [1.82, 2.24) is 19.7 Å². The summed E-state index contributed by atoms with van der Waals surface area (Å²) in [6, 6.07) is 14.1. The van der Waals surface area contributed by atoms with Gasteiger partial charge in [0.05, 0.1) is 6.42 Å². The summed E-state index contributed by atoms with van der Waals surface area (Å²) < 4.78 is 2.04. The summed E-state index contributed by atoms with van der Waals surface area (Å²) in [4.78, 5) is 15.7. The van der Waals surface area contributed by atoms with Crippen LogP contribution in [0.25, 0.3) is 5.69 Å². The van der Waals surface area contributed by atoms with E-state index in [9.17, 15) is 4.79 Å². The Morgan fingerprint density at radius 3 is 2.88 bits per heavy atom. The van der Waals surface area contributed by atoms with Crippen molar-refractivity contribution in [2.75, 3.05) is 13.1 Å². The van der Waals surface area contributed by atoms with Gasteiger partial charge in [0, 0.05) is 29.6 Å². The Labute approximate surface area is 150 Å². The lowest BCUT2D eigenvalue weighted by Gasteiger charge is -2.32. The van der Waals surface area contributed by atoms with E-state index in [1.165, 1.54) is 0 Å². The van der Waals surface area contributed by atoms with Crippen LogP contribution in [0.15, 0.2) is 54.2 Å². The number of amides is 1. The second kappa shape index (κ2) is 7.19. The third kappa shape index (κ3) is 3.49. The number of hydrogen-bond acceptors (Lipinski definition) is 4. The molecule has 3 aromatic rings. The van der Waals surface area contributed by atoms with Crippen LogP contribution < -0.4 is 0 Å². The number of para-hydroxylation sites is 1. The van der Waals surface area contributed by atoms with Crippen LogP contribution >= 0.6 is 11.3 Å². The van der Waals surface area contributed by atoms with Crippen LogP contribution in [0.4, 0.5) is 0 Å². The Kier molecular flexibility index (Phi) is 4.61. The number of rotatable bonds is 4. The molecule has 0 bridgehead atoms. The van der Waals surface area contributed by atoms with Gasteiger partial charge in [-0.25, -0.2) is 0 Å². The molecule has 0 radical (unpaired) electrons. The van der Waals surface area contributed by atoms with Crippen molar-refractivity contribution < 1.29 is 4.79 Å². The fourth-order valence-electron chi connectivity index (χ4n) is 3.40. The molecule has 1 unspecified atom stereocenters. The van der Waals surface area contributed by atoms with E-state index in [1.54, 1.807) is 17.7 Å². The maximum atomic E-state index is 12.6. The van der Waals surface area contributed by atoms with Gasteiger partial charge in [0.2, 0.25) is 5.91 Å². The molecule has 1 atom stereocenters. The first-order valence-corrected chi connectivity index (χ1v) is 9.45. The fourth-order valence-corrected chi connectivity index (χ4v) is 4.09. The predicted octanol–water partition coefficient (Wildman–Crippen LogP) is 3.28. The number of carbonyl (C=O) groups excluding carboxylic acids is 1. The largest absolute Gasteiger partial charge is 0.342 e. The van der Waals surface area contributed by atoms with Crippen molar-refractivity contribution in [3.05, 3.63) is 64.9 Å². The first-order chi connectivity index (χ1) is 12.3. The molecule has 0 saturated carbocycles. The van der Waals surface area contributed by atoms with Crippen LogP contribution in [-0.4, -0.2) is 38.7 Å². The number of likely N-dealkylation sites (tertiary alicyclic amines) is 1. The van der Waals surface area contributed by atoms with E-state index in [-0.39, 0.29) is 11.8 Å². The minimum Gasteiger partial charge on any atom is -0.342 e. The van der Waals surface area contributed by atoms with Crippen molar-refractivity contribution in [3.63, 3.8) is 0 Å². The smallest absolute Gasteiger partial charge is 0.227 e. The molecule has 1 aliphatic rings.